The molecular formula is C13H18O4. The Bertz CT molecular complexity index is 323. The highest BCUT2D eigenvalue weighted by atomic mass is 16.7. The lowest BCUT2D eigenvalue weighted by atomic mass is 10.2. The largest absolute Gasteiger partial charge is 0.462 e. The Labute approximate surface area is 101 Å². The average Bonchev–Trinajstić information content (AvgIpc) is 2.36. The fourth-order valence-electron chi connectivity index (χ4n) is 1.29. The second kappa shape index (κ2) is 7.81. The molecule has 94 valence electrons. The van der Waals surface area contributed by atoms with Crippen molar-refractivity contribution in [3.05, 3.63) is 35.9 Å². The maximum atomic E-state index is 11.5. The van der Waals surface area contributed by atoms with Crippen molar-refractivity contribution >= 4 is 5.97 Å². The van der Waals surface area contributed by atoms with Gasteiger partial charge in [0.25, 0.3) is 6.29 Å². The van der Waals surface area contributed by atoms with E-state index in [4.69, 9.17) is 14.2 Å². The Kier molecular flexibility index (Phi) is 6.29. The maximum absolute atomic E-state index is 11.5. The Balaban J connectivity index is 2.47. The van der Waals surface area contributed by atoms with E-state index in [9.17, 15) is 4.79 Å². The van der Waals surface area contributed by atoms with Crippen LogP contribution >= 0.6 is 0 Å². The normalized spacial score (nSPS) is 12.1. The van der Waals surface area contributed by atoms with Crippen molar-refractivity contribution in [1.29, 1.82) is 0 Å². The molecule has 1 rings (SSSR count). The molecule has 0 fully saturated rings. The van der Waals surface area contributed by atoms with Crippen LogP contribution in [0.1, 0.15) is 19.4 Å². The van der Waals surface area contributed by atoms with Crippen molar-refractivity contribution < 1.29 is 19.0 Å². The van der Waals surface area contributed by atoms with Crippen molar-refractivity contribution in [2.45, 2.75) is 26.7 Å². The van der Waals surface area contributed by atoms with Gasteiger partial charge in [-0.2, -0.15) is 0 Å². The molecule has 0 bridgehead atoms. The van der Waals surface area contributed by atoms with Crippen molar-refractivity contribution in [3.8, 4) is 0 Å². The number of carbonyl (C=O) groups excluding carboxylic acids is 1. The van der Waals surface area contributed by atoms with Gasteiger partial charge >= 0.3 is 5.97 Å². The van der Waals surface area contributed by atoms with Gasteiger partial charge in [0, 0.05) is 6.61 Å². The zero-order valence-electron chi connectivity index (χ0n) is 10.2. The van der Waals surface area contributed by atoms with Gasteiger partial charge < -0.3 is 14.2 Å². The third-order valence-electron chi connectivity index (χ3n) is 2.04. The van der Waals surface area contributed by atoms with Gasteiger partial charge in [-0.1, -0.05) is 30.3 Å². The van der Waals surface area contributed by atoms with Gasteiger partial charge in [0.15, 0.2) is 0 Å². The van der Waals surface area contributed by atoms with Crippen molar-refractivity contribution in [1.82, 2.24) is 0 Å². The highest BCUT2D eigenvalue weighted by molar-refractivity contribution is 5.73. The standard InChI is InChI=1S/C13H18O4/c1-3-15-12(14)13(16-4-2)17-10-11-8-6-5-7-9-11/h5-9,13H,3-4,10H2,1-2H3. The summed E-state index contributed by atoms with van der Waals surface area (Å²) in [5, 5.41) is 0. The first-order valence-corrected chi connectivity index (χ1v) is 5.71. The smallest absolute Gasteiger partial charge is 0.363 e. The minimum atomic E-state index is -0.944. The Morgan fingerprint density at radius 3 is 2.41 bits per heavy atom. The third kappa shape index (κ3) is 4.97. The lowest BCUT2D eigenvalue weighted by molar-refractivity contribution is -0.196. The van der Waals surface area contributed by atoms with E-state index in [0.717, 1.165) is 5.56 Å². The molecule has 1 aromatic rings. The maximum Gasteiger partial charge on any atom is 0.363 e. The second-order valence-electron chi connectivity index (χ2n) is 3.34. The molecule has 0 N–H and O–H groups in total. The van der Waals surface area contributed by atoms with E-state index in [0.29, 0.717) is 19.8 Å². The van der Waals surface area contributed by atoms with Crippen LogP contribution in [-0.4, -0.2) is 25.5 Å². The molecular weight excluding hydrogens is 220 g/mol. The SMILES string of the molecule is CCOC(=O)C(OCC)OCc1ccccc1. The van der Waals surface area contributed by atoms with Crippen molar-refractivity contribution in [3.63, 3.8) is 0 Å². The molecule has 0 aliphatic carbocycles. The van der Waals surface area contributed by atoms with Crippen LogP contribution in [0.4, 0.5) is 0 Å². The molecule has 1 unspecified atom stereocenters. The first-order chi connectivity index (χ1) is 8.27. The molecule has 0 radical (unpaired) electrons. The number of carbonyl (C=O) groups is 1. The number of ether oxygens (including phenoxy) is 3. The average molecular weight is 238 g/mol. The lowest BCUT2D eigenvalue weighted by Crippen LogP contribution is -2.29. The predicted molar refractivity (Wildman–Crippen MR) is 63.3 cm³/mol. The Morgan fingerprint density at radius 2 is 1.82 bits per heavy atom. The highest BCUT2D eigenvalue weighted by Gasteiger charge is 2.20. The van der Waals surface area contributed by atoms with Crippen LogP contribution in [0.25, 0.3) is 0 Å². The third-order valence-corrected chi connectivity index (χ3v) is 2.04. The van der Waals surface area contributed by atoms with E-state index in [2.05, 4.69) is 0 Å². The minimum Gasteiger partial charge on any atom is -0.462 e. The zero-order chi connectivity index (χ0) is 12.5. The van der Waals surface area contributed by atoms with Crippen LogP contribution in [0, 0.1) is 0 Å². The topological polar surface area (TPSA) is 44.8 Å². The van der Waals surface area contributed by atoms with Crippen LogP contribution in [0.2, 0.25) is 0 Å². The van der Waals surface area contributed by atoms with Gasteiger partial charge in [0.1, 0.15) is 0 Å². The number of rotatable bonds is 7. The second-order valence-corrected chi connectivity index (χ2v) is 3.34. The molecule has 0 amide bonds. The summed E-state index contributed by atoms with van der Waals surface area (Å²) in [6.45, 7) is 4.59. The van der Waals surface area contributed by atoms with E-state index in [-0.39, 0.29) is 0 Å². The molecule has 4 nitrogen and oxygen atoms in total. The van der Waals surface area contributed by atoms with Crippen LogP contribution < -0.4 is 0 Å². The molecule has 17 heavy (non-hydrogen) atoms. The van der Waals surface area contributed by atoms with Gasteiger partial charge in [-0.05, 0) is 19.4 Å². The van der Waals surface area contributed by atoms with Gasteiger partial charge in [0.05, 0.1) is 13.2 Å². The van der Waals surface area contributed by atoms with Gasteiger partial charge in [-0.15, -0.1) is 0 Å². The monoisotopic (exact) mass is 238 g/mol. The summed E-state index contributed by atoms with van der Waals surface area (Å²) >= 11 is 0. The van der Waals surface area contributed by atoms with E-state index in [1.165, 1.54) is 0 Å². The summed E-state index contributed by atoms with van der Waals surface area (Å²) in [4.78, 5) is 11.5. The van der Waals surface area contributed by atoms with Crippen molar-refractivity contribution in [2.24, 2.45) is 0 Å². The van der Waals surface area contributed by atoms with E-state index >= 15 is 0 Å². The first-order valence-electron chi connectivity index (χ1n) is 5.71. The summed E-state index contributed by atoms with van der Waals surface area (Å²) in [6, 6.07) is 9.61. The highest BCUT2D eigenvalue weighted by Crippen LogP contribution is 2.06. The minimum absolute atomic E-state index is 0.317. The molecule has 1 atom stereocenters. The van der Waals surface area contributed by atoms with E-state index in [1.807, 2.05) is 30.3 Å². The van der Waals surface area contributed by atoms with Crippen LogP contribution in [0.15, 0.2) is 30.3 Å². The number of hydrogen-bond donors (Lipinski definition) is 0. The summed E-state index contributed by atoms with van der Waals surface area (Å²) in [5.74, 6) is -0.481. The molecule has 1 aromatic carbocycles. The molecule has 0 aliphatic rings. The Hall–Kier alpha value is -1.39. The van der Waals surface area contributed by atoms with Gasteiger partial charge in [-0.3, -0.25) is 0 Å². The summed E-state index contributed by atoms with van der Waals surface area (Å²) < 4.78 is 15.4. The van der Waals surface area contributed by atoms with E-state index in [1.54, 1.807) is 13.8 Å². The number of hydrogen-bond acceptors (Lipinski definition) is 4. The van der Waals surface area contributed by atoms with Gasteiger partial charge in [-0.25, -0.2) is 4.79 Å². The molecule has 0 aromatic heterocycles. The molecule has 0 heterocycles. The van der Waals surface area contributed by atoms with Crippen LogP contribution in [0.3, 0.4) is 0 Å². The van der Waals surface area contributed by atoms with Crippen LogP contribution in [0.5, 0.6) is 0 Å². The van der Waals surface area contributed by atoms with E-state index < -0.39 is 12.3 Å². The molecule has 0 spiro atoms. The van der Waals surface area contributed by atoms with Gasteiger partial charge in [0.2, 0.25) is 0 Å². The molecule has 4 heteroatoms. The summed E-state index contributed by atoms with van der Waals surface area (Å²) in [5.41, 5.74) is 0.988. The molecule has 0 aliphatic heterocycles. The lowest BCUT2D eigenvalue weighted by Gasteiger charge is -2.16. The zero-order valence-corrected chi connectivity index (χ0v) is 10.2. The number of esters is 1. The number of benzene rings is 1. The summed E-state index contributed by atoms with van der Waals surface area (Å²) in [7, 11) is 0. The predicted octanol–water partition coefficient (Wildman–Crippen LogP) is 2.13. The summed E-state index contributed by atoms with van der Waals surface area (Å²) in [6.07, 6.45) is -0.944. The fraction of sp³-hybridized carbons (Fsp3) is 0.462. The first kappa shape index (κ1) is 13.7. The molecule has 0 saturated heterocycles. The fourth-order valence-corrected chi connectivity index (χ4v) is 1.29. The van der Waals surface area contributed by atoms with Crippen molar-refractivity contribution in [2.75, 3.05) is 13.2 Å². The van der Waals surface area contributed by atoms with Crippen LogP contribution in [-0.2, 0) is 25.6 Å². The quantitative estimate of drug-likeness (QED) is 0.539. The Morgan fingerprint density at radius 1 is 1.12 bits per heavy atom. The molecule has 0 saturated carbocycles.